The summed E-state index contributed by atoms with van der Waals surface area (Å²) in [6, 6.07) is 12.3. The second-order valence-corrected chi connectivity index (χ2v) is 6.60. The first-order valence-corrected chi connectivity index (χ1v) is 8.46. The van der Waals surface area contributed by atoms with Crippen molar-refractivity contribution in [3.8, 4) is 0 Å². The first-order valence-electron chi connectivity index (χ1n) is 8.46. The summed E-state index contributed by atoms with van der Waals surface area (Å²) in [6.07, 6.45) is 1.23. The number of benzene rings is 1. The molecule has 2 aromatic rings. The van der Waals surface area contributed by atoms with Gasteiger partial charge in [0.2, 0.25) is 5.91 Å². The molecule has 1 aromatic heterocycles. The number of urea groups is 1. The Kier molecular flexibility index (Phi) is 3.72. The van der Waals surface area contributed by atoms with Crippen LogP contribution in [-0.4, -0.2) is 34.3 Å². The summed E-state index contributed by atoms with van der Waals surface area (Å²) in [4.78, 5) is 42.9. The number of hydrogen-bond acceptors (Lipinski definition) is 4. The van der Waals surface area contributed by atoms with Crippen molar-refractivity contribution in [2.75, 3.05) is 11.9 Å². The fraction of sp³-hybridized carbons (Fsp3) is 0.263. The molecule has 1 unspecified atom stereocenters. The SMILES string of the molecule is Cc1cccc(NC(=O)CN2C(=O)NC3(CCc4ccccc43)C2=O)n1. The van der Waals surface area contributed by atoms with E-state index in [9.17, 15) is 14.4 Å². The summed E-state index contributed by atoms with van der Waals surface area (Å²) in [7, 11) is 0. The van der Waals surface area contributed by atoms with Gasteiger partial charge in [0, 0.05) is 5.69 Å². The van der Waals surface area contributed by atoms with Crippen molar-refractivity contribution in [3.05, 3.63) is 59.3 Å². The zero-order valence-electron chi connectivity index (χ0n) is 14.3. The fourth-order valence-electron chi connectivity index (χ4n) is 3.67. The van der Waals surface area contributed by atoms with Gasteiger partial charge in [-0.2, -0.15) is 0 Å². The van der Waals surface area contributed by atoms with Crippen LogP contribution in [0, 0.1) is 6.92 Å². The van der Waals surface area contributed by atoms with Gasteiger partial charge in [0.15, 0.2) is 0 Å². The Labute approximate surface area is 150 Å². The number of amides is 4. The van der Waals surface area contributed by atoms with Crippen molar-refractivity contribution in [2.45, 2.75) is 25.3 Å². The molecule has 1 saturated heterocycles. The van der Waals surface area contributed by atoms with Crippen LogP contribution in [0.5, 0.6) is 0 Å². The molecule has 1 spiro atoms. The van der Waals surface area contributed by atoms with E-state index in [2.05, 4.69) is 15.6 Å². The van der Waals surface area contributed by atoms with Crippen molar-refractivity contribution in [2.24, 2.45) is 0 Å². The lowest BCUT2D eigenvalue weighted by Crippen LogP contribution is -2.43. The van der Waals surface area contributed by atoms with Gasteiger partial charge in [-0.3, -0.25) is 14.5 Å². The molecule has 2 heterocycles. The van der Waals surface area contributed by atoms with Gasteiger partial charge in [0.25, 0.3) is 5.91 Å². The molecular weight excluding hydrogens is 332 g/mol. The third-order valence-corrected chi connectivity index (χ3v) is 4.88. The Hall–Kier alpha value is -3.22. The van der Waals surface area contributed by atoms with Crippen LogP contribution < -0.4 is 10.6 Å². The molecule has 0 saturated carbocycles. The molecule has 1 atom stereocenters. The highest BCUT2D eigenvalue weighted by Crippen LogP contribution is 2.41. The van der Waals surface area contributed by atoms with E-state index in [0.717, 1.165) is 28.1 Å². The molecule has 0 radical (unpaired) electrons. The monoisotopic (exact) mass is 350 g/mol. The summed E-state index contributed by atoms with van der Waals surface area (Å²) in [5.41, 5.74) is 1.59. The van der Waals surface area contributed by atoms with E-state index in [1.807, 2.05) is 37.3 Å². The Morgan fingerprint density at radius 3 is 2.85 bits per heavy atom. The van der Waals surface area contributed by atoms with Crippen LogP contribution >= 0.6 is 0 Å². The molecule has 4 amide bonds. The molecule has 7 nitrogen and oxygen atoms in total. The van der Waals surface area contributed by atoms with Gasteiger partial charge in [-0.1, -0.05) is 30.3 Å². The smallest absolute Gasteiger partial charge is 0.319 e. The third kappa shape index (κ3) is 2.52. The van der Waals surface area contributed by atoms with Crippen LogP contribution in [0.1, 0.15) is 23.2 Å². The average Bonchev–Trinajstić information content (AvgIpc) is 3.09. The third-order valence-electron chi connectivity index (χ3n) is 4.88. The standard InChI is InChI=1S/C19H18N4O3/c1-12-5-4-8-15(20-12)21-16(24)11-23-17(25)19(22-18(23)26)10-9-13-6-2-3-7-14(13)19/h2-8H,9-11H2,1H3,(H,22,26)(H,20,21,24). The Balaban J connectivity index is 1.53. The van der Waals surface area contributed by atoms with Gasteiger partial charge in [0.1, 0.15) is 17.9 Å². The minimum atomic E-state index is -1.05. The van der Waals surface area contributed by atoms with Gasteiger partial charge in [-0.15, -0.1) is 0 Å². The molecule has 7 heteroatoms. The predicted molar refractivity (Wildman–Crippen MR) is 94.3 cm³/mol. The Morgan fingerprint density at radius 2 is 2.04 bits per heavy atom. The summed E-state index contributed by atoms with van der Waals surface area (Å²) >= 11 is 0. The van der Waals surface area contributed by atoms with E-state index in [1.54, 1.807) is 12.1 Å². The maximum absolute atomic E-state index is 13.0. The lowest BCUT2D eigenvalue weighted by molar-refractivity contribution is -0.134. The molecule has 1 aliphatic carbocycles. The summed E-state index contributed by atoms with van der Waals surface area (Å²) < 4.78 is 0. The van der Waals surface area contributed by atoms with Crippen LogP contribution in [0.15, 0.2) is 42.5 Å². The van der Waals surface area contributed by atoms with Gasteiger partial charge < -0.3 is 10.6 Å². The lowest BCUT2D eigenvalue weighted by atomic mass is 9.92. The molecule has 2 aliphatic rings. The molecule has 1 fully saturated rings. The molecule has 4 rings (SSSR count). The number of rotatable bonds is 3. The van der Waals surface area contributed by atoms with E-state index in [0.29, 0.717) is 12.2 Å². The number of aryl methyl sites for hydroxylation is 2. The Bertz CT molecular complexity index is 927. The maximum Gasteiger partial charge on any atom is 0.325 e. The van der Waals surface area contributed by atoms with Gasteiger partial charge in [-0.25, -0.2) is 9.78 Å². The van der Waals surface area contributed by atoms with E-state index < -0.39 is 17.5 Å². The molecule has 2 N–H and O–H groups in total. The fourth-order valence-corrected chi connectivity index (χ4v) is 3.67. The second kappa shape index (κ2) is 5.94. The quantitative estimate of drug-likeness (QED) is 0.825. The zero-order chi connectivity index (χ0) is 18.3. The number of imide groups is 1. The molecular formula is C19H18N4O3. The molecule has 26 heavy (non-hydrogen) atoms. The zero-order valence-corrected chi connectivity index (χ0v) is 14.3. The lowest BCUT2D eigenvalue weighted by Gasteiger charge is -2.22. The number of anilines is 1. The van der Waals surface area contributed by atoms with Crippen LogP contribution in [-0.2, 0) is 21.5 Å². The number of pyridine rings is 1. The van der Waals surface area contributed by atoms with Crippen molar-refractivity contribution in [3.63, 3.8) is 0 Å². The molecule has 1 aliphatic heterocycles. The largest absolute Gasteiger partial charge is 0.325 e. The van der Waals surface area contributed by atoms with Gasteiger partial charge in [0.05, 0.1) is 0 Å². The van der Waals surface area contributed by atoms with Gasteiger partial charge >= 0.3 is 6.03 Å². The van der Waals surface area contributed by atoms with Gasteiger partial charge in [-0.05, 0) is 43.0 Å². The number of nitrogens with one attached hydrogen (secondary N) is 2. The van der Waals surface area contributed by atoms with E-state index >= 15 is 0 Å². The highest BCUT2D eigenvalue weighted by atomic mass is 16.2. The minimum Gasteiger partial charge on any atom is -0.319 e. The Morgan fingerprint density at radius 1 is 1.23 bits per heavy atom. The van der Waals surface area contributed by atoms with Crippen LogP contribution in [0.4, 0.5) is 10.6 Å². The van der Waals surface area contributed by atoms with Crippen molar-refractivity contribution < 1.29 is 14.4 Å². The van der Waals surface area contributed by atoms with Crippen LogP contribution in [0.25, 0.3) is 0 Å². The second-order valence-electron chi connectivity index (χ2n) is 6.60. The normalized spacial score (nSPS) is 21.0. The molecule has 0 bridgehead atoms. The first-order chi connectivity index (χ1) is 12.5. The number of carbonyl (C=O) groups excluding carboxylic acids is 3. The maximum atomic E-state index is 13.0. The van der Waals surface area contributed by atoms with Crippen molar-refractivity contribution in [1.29, 1.82) is 0 Å². The average molecular weight is 350 g/mol. The van der Waals surface area contributed by atoms with Crippen LogP contribution in [0.2, 0.25) is 0 Å². The highest BCUT2D eigenvalue weighted by Gasteiger charge is 2.55. The topological polar surface area (TPSA) is 91.4 Å². The number of fused-ring (bicyclic) bond motifs is 2. The number of nitrogens with zero attached hydrogens (tertiary/aromatic N) is 2. The van der Waals surface area contributed by atoms with E-state index in [-0.39, 0.29) is 12.5 Å². The predicted octanol–water partition coefficient (Wildman–Crippen LogP) is 1.72. The number of hydrogen-bond donors (Lipinski definition) is 2. The highest BCUT2D eigenvalue weighted by molar-refractivity contribution is 6.10. The summed E-state index contributed by atoms with van der Waals surface area (Å²) in [5.74, 6) is -0.447. The number of aromatic nitrogens is 1. The number of carbonyl (C=O) groups is 3. The molecule has 1 aromatic carbocycles. The molecule has 132 valence electrons. The van der Waals surface area contributed by atoms with E-state index in [1.165, 1.54) is 0 Å². The summed E-state index contributed by atoms with van der Waals surface area (Å²) in [6.45, 7) is 1.47. The van der Waals surface area contributed by atoms with Crippen molar-refractivity contribution >= 4 is 23.7 Å². The summed E-state index contributed by atoms with van der Waals surface area (Å²) in [5, 5.41) is 5.43. The minimum absolute atomic E-state index is 0.343. The van der Waals surface area contributed by atoms with Crippen LogP contribution in [0.3, 0.4) is 0 Å². The van der Waals surface area contributed by atoms with E-state index in [4.69, 9.17) is 0 Å². The van der Waals surface area contributed by atoms with Crippen molar-refractivity contribution in [1.82, 2.24) is 15.2 Å². The first kappa shape index (κ1) is 16.3.